The lowest BCUT2D eigenvalue weighted by atomic mass is 9.98. The number of amides is 1. The van der Waals surface area contributed by atoms with Crippen LogP contribution in [0.15, 0.2) is 48.5 Å². The number of para-hydroxylation sites is 2. The highest BCUT2D eigenvalue weighted by atomic mass is 16.5. The van der Waals surface area contributed by atoms with E-state index in [2.05, 4.69) is 0 Å². The number of nitrogens with zero attached hydrogens (tertiary/aromatic N) is 1. The Labute approximate surface area is 133 Å². The van der Waals surface area contributed by atoms with Gasteiger partial charge in [-0.1, -0.05) is 30.3 Å². The topological polar surface area (TPSA) is 55.8 Å². The van der Waals surface area contributed by atoms with E-state index in [0.29, 0.717) is 30.9 Å². The summed E-state index contributed by atoms with van der Waals surface area (Å²) in [6.45, 7) is 0.881. The predicted octanol–water partition coefficient (Wildman–Crippen LogP) is 2.19. The van der Waals surface area contributed by atoms with E-state index in [0.717, 1.165) is 11.3 Å². The maximum Gasteiger partial charge on any atom is 0.339 e. The Balaban J connectivity index is 1.63. The van der Waals surface area contributed by atoms with Crippen molar-refractivity contribution in [3.63, 3.8) is 0 Å². The van der Waals surface area contributed by atoms with Gasteiger partial charge >= 0.3 is 5.97 Å². The molecule has 5 heteroatoms. The van der Waals surface area contributed by atoms with Gasteiger partial charge in [0.05, 0.1) is 17.8 Å². The molecular formula is C18H15NO4. The Morgan fingerprint density at radius 3 is 2.78 bits per heavy atom. The Morgan fingerprint density at radius 1 is 1.09 bits per heavy atom. The molecule has 0 fully saturated rings. The van der Waals surface area contributed by atoms with Gasteiger partial charge in [-0.3, -0.25) is 4.79 Å². The van der Waals surface area contributed by atoms with Crippen molar-refractivity contribution < 1.29 is 19.1 Å². The molecule has 1 atom stereocenters. The van der Waals surface area contributed by atoms with E-state index in [1.54, 1.807) is 17.0 Å². The number of hydrogen-bond donors (Lipinski definition) is 0. The number of ether oxygens (including phenoxy) is 2. The normalized spacial score (nSPS) is 19.2. The Hall–Kier alpha value is -2.82. The van der Waals surface area contributed by atoms with Gasteiger partial charge in [0, 0.05) is 6.42 Å². The van der Waals surface area contributed by atoms with Gasteiger partial charge in [-0.05, 0) is 23.8 Å². The van der Waals surface area contributed by atoms with Crippen LogP contribution >= 0.6 is 0 Å². The summed E-state index contributed by atoms with van der Waals surface area (Å²) >= 11 is 0. The van der Waals surface area contributed by atoms with Crippen molar-refractivity contribution in [2.24, 2.45) is 0 Å². The Bertz CT molecular complexity index is 786. The minimum atomic E-state index is -0.788. The molecule has 4 rings (SSSR count). The van der Waals surface area contributed by atoms with Gasteiger partial charge in [0.2, 0.25) is 0 Å². The van der Waals surface area contributed by atoms with Gasteiger partial charge in [-0.25, -0.2) is 4.79 Å². The zero-order valence-electron chi connectivity index (χ0n) is 12.4. The molecule has 0 aliphatic carbocycles. The lowest BCUT2D eigenvalue weighted by Crippen LogP contribution is -2.47. The number of carbonyl (C=O) groups is 2. The fourth-order valence-electron chi connectivity index (χ4n) is 3.04. The molecule has 0 aromatic heterocycles. The van der Waals surface area contributed by atoms with Crippen LogP contribution in [-0.4, -0.2) is 31.1 Å². The SMILES string of the molecule is O=C1O[C@H](C(=O)N2CCOc3ccccc32)Cc2ccccc21. The van der Waals surface area contributed by atoms with E-state index in [9.17, 15) is 9.59 Å². The molecule has 5 nitrogen and oxygen atoms in total. The van der Waals surface area contributed by atoms with E-state index in [4.69, 9.17) is 9.47 Å². The summed E-state index contributed by atoms with van der Waals surface area (Å²) in [5, 5.41) is 0. The second-order valence-corrected chi connectivity index (χ2v) is 5.56. The highest BCUT2D eigenvalue weighted by Gasteiger charge is 2.36. The molecule has 0 N–H and O–H groups in total. The lowest BCUT2D eigenvalue weighted by molar-refractivity contribution is -0.127. The van der Waals surface area contributed by atoms with Crippen LogP contribution in [0.2, 0.25) is 0 Å². The fourth-order valence-corrected chi connectivity index (χ4v) is 3.04. The lowest BCUT2D eigenvalue weighted by Gasteiger charge is -2.33. The number of hydrogen-bond acceptors (Lipinski definition) is 4. The Morgan fingerprint density at radius 2 is 1.87 bits per heavy atom. The summed E-state index contributed by atoms with van der Waals surface area (Å²) < 4.78 is 10.9. The molecular weight excluding hydrogens is 294 g/mol. The van der Waals surface area contributed by atoms with Crippen molar-refractivity contribution in [3.8, 4) is 5.75 Å². The molecule has 0 bridgehead atoms. The largest absolute Gasteiger partial charge is 0.490 e. The highest BCUT2D eigenvalue weighted by Crippen LogP contribution is 2.32. The minimum absolute atomic E-state index is 0.205. The molecule has 2 aliphatic rings. The summed E-state index contributed by atoms with van der Waals surface area (Å²) in [5.74, 6) is 0.0324. The van der Waals surface area contributed by atoms with Gasteiger partial charge in [0.25, 0.3) is 5.91 Å². The fraction of sp³-hybridized carbons (Fsp3) is 0.222. The van der Waals surface area contributed by atoms with Crippen LogP contribution in [0.1, 0.15) is 15.9 Å². The van der Waals surface area contributed by atoms with Gasteiger partial charge in [0.15, 0.2) is 6.10 Å². The first-order valence-corrected chi connectivity index (χ1v) is 7.56. The zero-order chi connectivity index (χ0) is 15.8. The van der Waals surface area contributed by atoms with Crippen LogP contribution in [0, 0.1) is 0 Å². The summed E-state index contributed by atoms with van der Waals surface area (Å²) in [6.07, 6.45) is -0.385. The molecule has 0 spiro atoms. The molecule has 1 amide bonds. The van der Waals surface area contributed by atoms with Crippen molar-refractivity contribution in [2.45, 2.75) is 12.5 Å². The van der Waals surface area contributed by atoms with E-state index in [1.165, 1.54) is 0 Å². The first-order valence-electron chi connectivity index (χ1n) is 7.56. The maximum atomic E-state index is 12.9. The third-order valence-electron chi connectivity index (χ3n) is 4.16. The van der Waals surface area contributed by atoms with Crippen molar-refractivity contribution in [3.05, 3.63) is 59.7 Å². The van der Waals surface area contributed by atoms with Gasteiger partial charge in [0.1, 0.15) is 12.4 Å². The molecule has 116 valence electrons. The van der Waals surface area contributed by atoms with Gasteiger partial charge < -0.3 is 14.4 Å². The van der Waals surface area contributed by atoms with Crippen molar-refractivity contribution in [1.29, 1.82) is 0 Å². The molecule has 23 heavy (non-hydrogen) atoms. The van der Waals surface area contributed by atoms with Crippen LogP contribution in [0.25, 0.3) is 0 Å². The van der Waals surface area contributed by atoms with Crippen LogP contribution in [0.3, 0.4) is 0 Å². The molecule has 2 aromatic rings. The molecule has 0 unspecified atom stereocenters. The smallest absolute Gasteiger partial charge is 0.339 e. The highest BCUT2D eigenvalue weighted by molar-refractivity contribution is 6.02. The number of esters is 1. The third-order valence-corrected chi connectivity index (χ3v) is 4.16. The number of anilines is 1. The van der Waals surface area contributed by atoms with E-state index in [1.807, 2.05) is 36.4 Å². The standard InChI is InChI=1S/C18H15NO4/c20-17(19-9-10-22-15-8-4-3-7-14(15)19)16-11-12-5-1-2-6-13(12)18(21)23-16/h1-8,16H,9-11H2/t16-/m0/s1. The quantitative estimate of drug-likeness (QED) is 0.758. The van der Waals surface area contributed by atoms with Crippen LogP contribution in [0.4, 0.5) is 5.69 Å². The summed E-state index contributed by atoms with van der Waals surface area (Å²) in [6, 6.07) is 14.6. The third kappa shape index (κ3) is 2.34. The predicted molar refractivity (Wildman–Crippen MR) is 83.6 cm³/mol. The molecule has 2 aromatic carbocycles. The first kappa shape index (κ1) is 13.8. The average Bonchev–Trinajstić information content (AvgIpc) is 2.60. The monoisotopic (exact) mass is 309 g/mol. The van der Waals surface area contributed by atoms with E-state index in [-0.39, 0.29) is 5.91 Å². The second kappa shape index (κ2) is 5.43. The minimum Gasteiger partial charge on any atom is -0.490 e. The summed E-state index contributed by atoms with van der Waals surface area (Å²) in [7, 11) is 0. The van der Waals surface area contributed by atoms with Gasteiger partial charge in [-0.15, -0.1) is 0 Å². The number of carbonyl (C=O) groups excluding carboxylic acids is 2. The van der Waals surface area contributed by atoms with Gasteiger partial charge in [-0.2, -0.15) is 0 Å². The van der Waals surface area contributed by atoms with Crippen LogP contribution < -0.4 is 9.64 Å². The first-order chi connectivity index (χ1) is 11.2. The Kier molecular flexibility index (Phi) is 3.26. The van der Waals surface area contributed by atoms with E-state index >= 15 is 0 Å². The number of cyclic esters (lactones) is 1. The summed E-state index contributed by atoms with van der Waals surface area (Å²) in [4.78, 5) is 26.6. The van der Waals surface area contributed by atoms with Crippen molar-refractivity contribution in [1.82, 2.24) is 0 Å². The number of rotatable bonds is 1. The van der Waals surface area contributed by atoms with Crippen molar-refractivity contribution >= 4 is 17.6 Å². The molecule has 2 aliphatic heterocycles. The number of benzene rings is 2. The van der Waals surface area contributed by atoms with Crippen LogP contribution in [-0.2, 0) is 16.0 Å². The zero-order valence-corrected chi connectivity index (χ0v) is 12.4. The van der Waals surface area contributed by atoms with Crippen molar-refractivity contribution in [2.75, 3.05) is 18.1 Å². The molecule has 2 heterocycles. The number of fused-ring (bicyclic) bond motifs is 2. The molecule has 0 saturated heterocycles. The molecule has 0 saturated carbocycles. The maximum absolute atomic E-state index is 12.9. The average molecular weight is 309 g/mol. The second-order valence-electron chi connectivity index (χ2n) is 5.56. The van der Waals surface area contributed by atoms with Crippen LogP contribution in [0.5, 0.6) is 5.75 Å². The summed E-state index contributed by atoms with van der Waals surface area (Å²) in [5.41, 5.74) is 2.11. The molecule has 0 radical (unpaired) electrons. The van der Waals surface area contributed by atoms with E-state index < -0.39 is 12.1 Å².